The largest absolute Gasteiger partial charge is 0.487 e. The molecule has 3 aromatic rings. The molecule has 3 heterocycles. The first-order valence-corrected chi connectivity index (χ1v) is 19.5. The number of rotatable bonds is 12. The molecule has 7 nitrogen and oxygen atoms in total. The number of nitrogens with zero attached hydrogens (tertiary/aromatic N) is 2. The molecule has 3 fully saturated rings. The lowest BCUT2D eigenvalue weighted by molar-refractivity contribution is -0.117. The number of benzene rings is 2. The molecule has 1 N–H and O–H groups in total. The lowest BCUT2D eigenvalue weighted by Gasteiger charge is -2.45. The first-order chi connectivity index (χ1) is 24.3. The predicted octanol–water partition coefficient (Wildman–Crippen LogP) is 8.49. The number of fused-ring (bicyclic) bond motifs is 1. The Hall–Kier alpha value is -3.71. The van der Waals surface area contributed by atoms with Gasteiger partial charge < -0.3 is 19.3 Å². The van der Waals surface area contributed by atoms with Gasteiger partial charge in [-0.3, -0.25) is 14.4 Å². The van der Waals surface area contributed by atoms with Crippen molar-refractivity contribution in [2.24, 2.45) is 5.92 Å². The van der Waals surface area contributed by atoms with Gasteiger partial charge >= 0.3 is 0 Å². The van der Waals surface area contributed by atoms with Gasteiger partial charge in [0, 0.05) is 37.2 Å². The van der Waals surface area contributed by atoms with E-state index in [-0.39, 0.29) is 41.2 Å². The maximum Gasteiger partial charge on any atom is 0.274 e. The topological polar surface area (TPSA) is 88.8 Å². The average Bonchev–Trinajstić information content (AvgIpc) is 3.83. The van der Waals surface area contributed by atoms with Crippen molar-refractivity contribution in [3.63, 3.8) is 0 Å². The molecule has 1 saturated heterocycles. The maximum atomic E-state index is 14.3. The number of aliphatic hydroxyl groups is 1. The van der Waals surface area contributed by atoms with Gasteiger partial charge in [0.15, 0.2) is 5.78 Å². The Labute approximate surface area is 297 Å². The highest BCUT2D eigenvalue weighted by Crippen LogP contribution is 2.49. The molecule has 2 aromatic carbocycles. The van der Waals surface area contributed by atoms with E-state index in [1.807, 2.05) is 18.2 Å². The Bertz CT molecular complexity index is 1720. The monoisotopic (exact) mass is 678 g/mol. The Morgan fingerprint density at radius 2 is 1.74 bits per heavy atom. The molecule has 50 heavy (non-hydrogen) atoms. The second-order valence-electron chi connectivity index (χ2n) is 15.6. The number of Topliss-reactive ketones (excluding diaryl/α,β-unsaturated/α-hetero) is 1. The van der Waals surface area contributed by atoms with Crippen LogP contribution in [0.2, 0.25) is 0 Å². The summed E-state index contributed by atoms with van der Waals surface area (Å²) in [5, 5.41) is 12.0. The zero-order valence-electron chi connectivity index (χ0n) is 29.8. The Morgan fingerprint density at radius 3 is 2.46 bits per heavy atom. The molecule has 7 rings (SSSR count). The number of carbonyl (C=O) groups is 2. The van der Waals surface area contributed by atoms with Crippen LogP contribution in [-0.2, 0) is 17.6 Å². The van der Waals surface area contributed by atoms with E-state index >= 15 is 0 Å². The highest BCUT2D eigenvalue weighted by molar-refractivity contribution is 5.99. The number of amides is 1. The Kier molecular flexibility index (Phi) is 10.6. The van der Waals surface area contributed by atoms with Gasteiger partial charge in [-0.2, -0.15) is 0 Å². The fraction of sp³-hybridized carbons (Fsp3) is 0.558. The SMILES string of the molecule is CCc1ccc2c(c1)[C@@H](CC[C@@H](O)[C@@H](CC(=O)c1cc(N3CCCC3=O)c(=O)n(C3CCCC3)c1)Cc1ccccc1)CC1(CCCCC1)O2. The number of anilines is 1. The first kappa shape index (κ1) is 34.7. The molecule has 4 aliphatic rings. The van der Waals surface area contributed by atoms with Gasteiger partial charge in [0.05, 0.1) is 6.10 Å². The number of carbonyl (C=O) groups excluding carboxylic acids is 2. The molecule has 1 amide bonds. The number of aryl methyl sites for hydroxylation is 1. The molecule has 1 aromatic heterocycles. The van der Waals surface area contributed by atoms with Crippen LogP contribution >= 0.6 is 0 Å². The molecule has 0 radical (unpaired) electrons. The fourth-order valence-corrected chi connectivity index (χ4v) is 9.34. The molecule has 1 spiro atoms. The zero-order valence-corrected chi connectivity index (χ0v) is 29.8. The minimum Gasteiger partial charge on any atom is -0.487 e. The number of pyridine rings is 1. The van der Waals surface area contributed by atoms with Crippen molar-refractivity contribution >= 4 is 17.4 Å². The summed E-state index contributed by atoms with van der Waals surface area (Å²) in [6.07, 6.45) is 16.0. The van der Waals surface area contributed by atoms with Gasteiger partial charge in [-0.25, -0.2) is 0 Å². The number of ketones is 1. The summed E-state index contributed by atoms with van der Waals surface area (Å²) in [7, 11) is 0. The van der Waals surface area contributed by atoms with Crippen molar-refractivity contribution < 1.29 is 19.4 Å². The van der Waals surface area contributed by atoms with Gasteiger partial charge in [0.25, 0.3) is 5.56 Å². The number of hydrogen-bond donors (Lipinski definition) is 1. The van der Waals surface area contributed by atoms with E-state index in [2.05, 4.69) is 37.3 Å². The van der Waals surface area contributed by atoms with E-state index in [1.54, 1.807) is 21.7 Å². The van der Waals surface area contributed by atoms with Crippen LogP contribution in [0.1, 0.15) is 142 Å². The van der Waals surface area contributed by atoms with E-state index in [0.717, 1.165) is 69.1 Å². The van der Waals surface area contributed by atoms with Gasteiger partial charge in [-0.15, -0.1) is 0 Å². The minimum absolute atomic E-state index is 0.0421. The van der Waals surface area contributed by atoms with E-state index < -0.39 is 6.10 Å². The molecule has 0 bridgehead atoms. The summed E-state index contributed by atoms with van der Waals surface area (Å²) >= 11 is 0. The number of aliphatic hydroxyl groups excluding tert-OH is 1. The fourth-order valence-electron chi connectivity index (χ4n) is 9.34. The van der Waals surface area contributed by atoms with Crippen LogP contribution in [0.3, 0.4) is 0 Å². The third-order valence-corrected chi connectivity index (χ3v) is 12.2. The average molecular weight is 679 g/mol. The van der Waals surface area contributed by atoms with Crippen molar-refractivity contribution in [3.8, 4) is 5.75 Å². The number of ether oxygens (including phenoxy) is 1. The molecule has 2 aliphatic carbocycles. The molecule has 3 atom stereocenters. The van der Waals surface area contributed by atoms with Gasteiger partial charge in [0.1, 0.15) is 17.0 Å². The summed E-state index contributed by atoms with van der Waals surface area (Å²) in [6.45, 7) is 2.69. The lowest BCUT2D eigenvalue weighted by Crippen LogP contribution is -2.43. The summed E-state index contributed by atoms with van der Waals surface area (Å²) in [4.78, 5) is 42.3. The normalized spacial score (nSPS) is 21.6. The number of aromatic nitrogens is 1. The lowest BCUT2D eigenvalue weighted by atomic mass is 9.72. The highest BCUT2D eigenvalue weighted by Gasteiger charge is 2.42. The van der Waals surface area contributed by atoms with Crippen molar-refractivity contribution in [3.05, 3.63) is 93.4 Å². The van der Waals surface area contributed by atoms with Crippen LogP contribution in [0.5, 0.6) is 5.75 Å². The van der Waals surface area contributed by atoms with Gasteiger partial charge in [-0.1, -0.05) is 68.7 Å². The predicted molar refractivity (Wildman–Crippen MR) is 197 cm³/mol. The maximum absolute atomic E-state index is 14.3. The highest BCUT2D eigenvalue weighted by atomic mass is 16.5. The number of hydrogen-bond acceptors (Lipinski definition) is 5. The third-order valence-electron chi connectivity index (χ3n) is 12.2. The van der Waals surface area contributed by atoms with E-state index in [9.17, 15) is 19.5 Å². The molecule has 0 unspecified atom stereocenters. The van der Waals surface area contributed by atoms with Crippen LogP contribution in [0, 0.1) is 5.92 Å². The molecule has 2 saturated carbocycles. The standard InChI is InChI=1S/C43H54N2O5/c1-2-30-17-20-40-36(25-30)32(28-43(50-40)21-9-4-10-22-43)18-19-38(46)33(24-31-12-5-3-6-13-31)27-39(47)34-26-37(44-23-11-16-41(44)48)42(49)45(29-34)35-14-7-8-15-35/h3,5-6,12-13,17,20,25-26,29,32-33,35,38,46H,2,4,7-11,14-16,18-19,21-24,27-28H2,1H3/t32-,33+,38+/m0/s1. The molecular formula is C43H54N2O5. The van der Waals surface area contributed by atoms with Crippen LogP contribution in [0.25, 0.3) is 0 Å². The van der Waals surface area contributed by atoms with Crippen LogP contribution in [0.4, 0.5) is 5.69 Å². The first-order valence-electron chi connectivity index (χ1n) is 19.5. The van der Waals surface area contributed by atoms with E-state index in [1.165, 1.54) is 30.4 Å². The second-order valence-corrected chi connectivity index (χ2v) is 15.6. The summed E-state index contributed by atoms with van der Waals surface area (Å²) in [5.74, 6) is 0.864. The van der Waals surface area contributed by atoms with Crippen molar-refractivity contribution in [1.82, 2.24) is 4.57 Å². The summed E-state index contributed by atoms with van der Waals surface area (Å²) < 4.78 is 8.51. The van der Waals surface area contributed by atoms with Crippen LogP contribution < -0.4 is 15.2 Å². The smallest absolute Gasteiger partial charge is 0.274 e. The summed E-state index contributed by atoms with van der Waals surface area (Å²) in [6, 6.07) is 18.5. The second kappa shape index (κ2) is 15.3. The van der Waals surface area contributed by atoms with E-state index in [4.69, 9.17) is 4.74 Å². The van der Waals surface area contributed by atoms with Gasteiger partial charge in [-0.05, 0) is 118 Å². The van der Waals surface area contributed by atoms with Crippen LogP contribution in [-0.4, -0.2) is 39.6 Å². The molecule has 2 aliphatic heterocycles. The molecular weight excluding hydrogens is 624 g/mol. The Balaban J connectivity index is 1.14. The molecule has 266 valence electrons. The van der Waals surface area contributed by atoms with Crippen molar-refractivity contribution in [2.75, 3.05) is 11.4 Å². The third kappa shape index (κ3) is 7.49. The minimum atomic E-state index is -0.678. The van der Waals surface area contributed by atoms with Crippen molar-refractivity contribution in [1.29, 1.82) is 0 Å². The summed E-state index contributed by atoms with van der Waals surface area (Å²) in [5.41, 5.74) is 4.15. The van der Waals surface area contributed by atoms with Crippen LogP contribution in [0.15, 0.2) is 65.6 Å². The molecule has 7 heteroatoms. The van der Waals surface area contributed by atoms with E-state index in [0.29, 0.717) is 49.4 Å². The van der Waals surface area contributed by atoms with Gasteiger partial charge in [0.2, 0.25) is 5.91 Å². The van der Waals surface area contributed by atoms with Crippen molar-refractivity contribution in [2.45, 2.75) is 140 Å². The Morgan fingerprint density at radius 1 is 0.960 bits per heavy atom. The zero-order chi connectivity index (χ0) is 34.7. The quantitative estimate of drug-likeness (QED) is 0.194.